The number of phenols is 1. The first-order chi connectivity index (χ1) is 9.09. The van der Waals surface area contributed by atoms with Gasteiger partial charge in [0.05, 0.1) is 6.42 Å². The van der Waals surface area contributed by atoms with Crippen LogP contribution < -0.4 is 5.73 Å². The molecule has 0 spiro atoms. The van der Waals surface area contributed by atoms with Crippen LogP contribution in [0.2, 0.25) is 0 Å². The normalized spacial score (nSPS) is 23.1. The smallest absolute Gasteiger partial charge is 0.227 e. The molecule has 1 aromatic rings. The number of aromatic hydroxyl groups is 1. The summed E-state index contributed by atoms with van der Waals surface area (Å²) in [5.74, 6) is 0.195. The van der Waals surface area contributed by atoms with E-state index in [1.54, 1.807) is 23.1 Å². The minimum Gasteiger partial charge on any atom is -0.508 e. The lowest BCUT2D eigenvalue weighted by Gasteiger charge is -2.36. The first-order valence-electron chi connectivity index (χ1n) is 6.87. The fraction of sp³-hybridized carbons (Fsp3) is 0.533. The summed E-state index contributed by atoms with van der Waals surface area (Å²) in [6.07, 6.45) is 4.47. The Hall–Kier alpha value is -1.55. The van der Waals surface area contributed by atoms with Gasteiger partial charge in [0.2, 0.25) is 5.91 Å². The summed E-state index contributed by atoms with van der Waals surface area (Å²) >= 11 is 0. The van der Waals surface area contributed by atoms with Crippen LogP contribution in [0.4, 0.5) is 0 Å². The number of nitrogens with zero attached hydrogens (tertiary/aromatic N) is 1. The molecule has 2 atom stereocenters. The third kappa shape index (κ3) is 3.26. The van der Waals surface area contributed by atoms with Crippen molar-refractivity contribution in [3.05, 3.63) is 29.8 Å². The van der Waals surface area contributed by atoms with Crippen molar-refractivity contribution in [2.45, 2.75) is 44.2 Å². The van der Waals surface area contributed by atoms with E-state index >= 15 is 0 Å². The van der Waals surface area contributed by atoms with Crippen molar-refractivity contribution in [1.82, 2.24) is 4.90 Å². The Morgan fingerprint density at radius 2 is 2.05 bits per heavy atom. The van der Waals surface area contributed by atoms with Gasteiger partial charge in [-0.2, -0.15) is 0 Å². The van der Waals surface area contributed by atoms with Gasteiger partial charge >= 0.3 is 0 Å². The number of hydrogen-bond acceptors (Lipinski definition) is 3. The SMILES string of the molecule is CN(C(=O)Cc1ccccc1O)C1CCCCC1N. The largest absolute Gasteiger partial charge is 0.508 e. The van der Waals surface area contributed by atoms with E-state index in [2.05, 4.69) is 0 Å². The second kappa shape index (κ2) is 6.06. The van der Waals surface area contributed by atoms with Crippen molar-refractivity contribution < 1.29 is 9.90 Å². The second-order valence-electron chi connectivity index (χ2n) is 5.33. The monoisotopic (exact) mass is 262 g/mol. The number of carbonyl (C=O) groups excluding carboxylic acids is 1. The number of amides is 1. The minimum atomic E-state index is 0.0175. The van der Waals surface area contributed by atoms with Crippen LogP contribution in [0.3, 0.4) is 0 Å². The van der Waals surface area contributed by atoms with E-state index in [9.17, 15) is 9.90 Å². The van der Waals surface area contributed by atoms with Gasteiger partial charge in [-0.15, -0.1) is 0 Å². The highest BCUT2D eigenvalue weighted by molar-refractivity contribution is 5.79. The Balaban J connectivity index is 2.01. The Morgan fingerprint density at radius 3 is 2.74 bits per heavy atom. The molecule has 4 heteroatoms. The van der Waals surface area contributed by atoms with Gasteiger partial charge in [0.15, 0.2) is 0 Å². The van der Waals surface area contributed by atoms with E-state index < -0.39 is 0 Å². The maximum atomic E-state index is 12.3. The number of nitrogens with two attached hydrogens (primary N) is 1. The van der Waals surface area contributed by atoms with Crippen LogP contribution in [0.15, 0.2) is 24.3 Å². The zero-order chi connectivity index (χ0) is 13.8. The number of benzene rings is 1. The summed E-state index contributed by atoms with van der Waals surface area (Å²) in [4.78, 5) is 14.0. The van der Waals surface area contributed by atoms with Gasteiger partial charge < -0.3 is 15.7 Å². The van der Waals surface area contributed by atoms with E-state index in [1.165, 1.54) is 0 Å². The number of para-hydroxylation sites is 1. The van der Waals surface area contributed by atoms with E-state index in [1.807, 2.05) is 13.1 Å². The summed E-state index contributed by atoms with van der Waals surface area (Å²) in [6, 6.07) is 7.18. The summed E-state index contributed by atoms with van der Waals surface area (Å²) in [7, 11) is 1.82. The lowest BCUT2D eigenvalue weighted by atomic mass is 9.90. The van der Waals surface area contributed by atoms with Crippen LogP contribution >= 0.6 is 0 Å². The molecule has 0 heterocycles. The van der Waals surface area contributed by atoms with Gasteiger partial charge in [-0.25, -0.2) is 0 Å². The zero-order valence-corrected chi connectivity index (χ0v) is 11.4. The summed E-state index contributed by atoms with van der Waals surface area (Å²) in [6.45, 7) is 0. The predicted octanol–water partition coefficient (Wildman–Crippen LogP) is 1.66. The molecule has 1 aliphatic carbocycles. The zero-order valence-electron chi connectivity index (χ0n) is 11.4. The van der Waals surface area contributed by atoms with Crippen molar-refractivity contribution in [2.24, 2.45) is 5.73 Å². The molecule has 0 aromatic heterocycles. The van der Waals surface area contributed by atoms with Crippen LogP contribution in [0, 0.1) is 0 Å². The van der Waals surface area contributed by atoms with Crippen molar-refractivity contribution in [3.8, 4) is 5.75 Å². The molecule has 1 fully saturated rings. The van der Waals surface area contributed by atoms with Crippen molar-refractivity contribution in [1.29, 1.82) is 0 Å². The van der Waals surface area contributed by atoms with Crippen LogP contribution in [0.5, 0.6) is 5.75 Å². The van der Waals surface area contributed by atoms with E-state index in [4.69, 9.17) is 5.73 Å². The summed E-state index contributed by atoms with van der Waals surface area (Å²) < 4.78 is 0. The fourth-order valence-electron chi connectivity index (χ4n) is 2.75. The first kappa shape index (κ1) is 13.9. The molecule has 2 unspecified atom stereocenters. The van der Waals surface area contributed by atoms with Crippen molar-refractivity contribution in [3.63, 3.8) is 0 Å². The highest BCUT2D eigenvalue weighted by atomic mass is 16.3. The summed E-state index contributed by atoms with van der Waals surface area (Å²) in [5.41, 5.74) is 6.77. The van der Waals surface area contributed by atoms with Crippen LogP contribution in [0.25, 0.3) is 0 Å². The first-order valence-corrected chi connectivity index (χ1v) is 6.87. The fourth-order valence-corrected chi connectivity index (χ4v) is 2.75. The van der Waals surface area contributed by atoms with E-state index in [0.717, 1.165) is 25.7 Å². The third-order valence-electron chi connectivity index (χ3n) is 4.01. The van der Waals surface area contributed by atoms with Gasteiger partial charge in [-0.05, 0) is 18.9 Å². The number of phenolic OH excluding ortho intramolecular Hbond substituents is 1. The average Bonchev–Trinajstić information content (AvgIpc) is 2.41. The topological polar surface area (TPSA) is 66.6 Å². The van der Waals surface area contributed by atoms with Gasteiger partial charge in [-0.1, -0.05) is 31.0 Å². The Kier molecular flexibility index (Phi) is 4.43. The molecule has 104 valence electrons. The highest BCUT2D eigenvalue weighted by Crippen LogP contribution is 2.23. The second-order valence-corrected chi connectivity index (χ2v) is 5.33. The number of hydrogen-bond donors (Lipinski definition) is 2. The van der Waals surface area contributed by atoms with Crippen LogP contribution in [-0.4, -0.2) is 35.0 Å². The molecule has 0 aliphatic heterocycles. The Bertz CT molecular complexity index is 448. The molecule has 0 saturated heterocycles. The molecule has 19 heavy (non-hydrogen) atoms. The average molecular weight is 262 g/mol. The van der Waals surface area contributed by atoms with E-state index in [0.29, 0.717) is 5.56 Å². The molecular formula is C15H22N2O2. The third-order valence-corrected chi connectivity index (χ3v) is 4.01. The number of carbonyl (C=O) groups is 1. The molecule has 2 rings (SSSR count). The molecule has 1 aromatic carbocycles. The van der Waals surface area contributed by atoms with Crippen LogP contribution in [0.1, 0.15) is 31.2 Å². The van der Waals surface area contributed by atoms with Gasteiger partial charge in [-0.3, -0.25) is 4.79 Å². The van der Waals surface area contributed by atoms with E-state index in [-0.39, 0.29) is 30.2 Å². The van der Waals surface area contributed by atoms with Gasteiger partial charge in [0.1, 0.15) is 5.75 Å². The molecule has 1 aliphatic rings. The van der Waals surface area contributed by atoms with Crippen molar-refractivity contribution >= 4 is 5.91 Å². The minimum absolute atomic E-state index is 0.0175. The predicted molar refractivity (Wildman–Crippen MR) is 74.8 cm³/mol. The maximum Gasteiger partial charge on any atom is 0.227 e. The Labute approximate surface area is 114 Å². The molecule has 1 amide bonds. The van der Waals surface area contributed by atoms with Crippen LogP contribution in [-0.2, 0) is 11.2 Å². The molecule has 3 N–H and O–H groups in total. The molecule has 1 saturated carbocycles. The number of rotatable bonds is 3. The molecular weight excluding hydrogens is 240 g/mol. The molecule has 4 nitrogen and oxygen atoms in total. The molecule has 0 bridgehead atoms. The Morgan fingerprint density at radius 1 is 1.37 bits per heavy atom. The van der Waals surface area contributed by atoms with Gasteiger partial charge in [0, 0.05) is 24.7 Å². The van der Waals surface area contributed by atoms with Gasteiger partial charge in [0.25, 0.3) is 0 Å². The summed E-state index contributed by atoms with van der Waals surface area (Å²) in [5, 5.41) is 9.71. The maximum absolute atomic E-state index is 12.3. The number of likely N-dealkylation sites (N-methyl/N-ethyl adjacent to an activating group) is 1. The van der Waals surface area contributed by atoms with Crippen molar-refractivity contribution in [2.75, 3.05) is 7.05 Å². The highest BCUT2D eigenvalue weighted by Gasteiger charge is 2.28. The lowest BCUT2D eigenvalue weighted by Crippen LogP contribution is -2.50. The molecule has 0 radical (unpaired) electrons. The lowest BCUT2D eigenvalue weighted by molar-refractivity contribution is -0.132. The quantitative estimate of drug-likeness (QED) is 0.870. The standard InChI is InChI=1S/C15H22N2O2/c1-17(13-8-4-3-7-12(13)16)15(19)10-11-6-2-5-9-14(11)18/h2,5-6,9,12-13,18H,3-4,7-8,10,16H2,1H3.